The van der Waals surface area contributed by atoms with Crippen LogP contribution in [0.25, 0.3) is 27.5 Å². The summed E-state index contributed by atoms with van der Waals surface area (Å²) < 4.78 is 2.47. The molecule has 0 N–H and O–H groups in total. The molecule has 1 aromatic heterocycles. The fourth-order valence-electron chi connectivity index (χ4n) is 7.73. The van der Waals surface area contributed by atoms with Gasteiger partial charge in [-0.15, -0.1) is 34.6 Å². The van der Waals surface area contributed by atoms with Gasteiger partial charge in [0, 0.05) is 38.6 Å². The van der Waals surface area contributed by atoms with Crippen LogP contribution in [0.5, 0.6) is 0 Å². The number of hydrogen-bond donors (Lipinski definition) is 0. The van der Waals surface area contributed by atoms with Crippen molar-refractivity contribution in [2.75, 3.05) is 28.8 Å². The summed E-state index contributed by atoms with van der Waals surface area (Å²) in [7, 11) is 4.15. The van der Waals surface area contributed by atoms with Gasteiger partial charge >= 0.3 is 21.1 Å². The molecule has 0 amide bonds. The first kappa shape index (κ1) is 30.8. The number of fused-ring (bicyclic) bond motifs is 6. The molecule has 0 fully saturated rings. The predicted octanol–water partition coefficient (Wildman–Crippen LogP) is 9.40. The van der Waals surface area contributed by atoms with Gasteiger partial charge in [-0.1, -0.05) is 69.8 Å². The zero-order chi connectivity index (χ0) is 32.2. The van der Waals surface area contributed by atoms with Crippen LogP contribution in [0.3, 0.4) is 0 Å². The first-order chi connectivity index (χ1) is 22.6. The van der Waals surface area contributed by atoms with Crippen LogP contribution in [0, 0.1) is 25.5 Å². The van der Waals surface area contributed by atoms with Gasteiger partial charge in [0.15, 0.2) is 0 Å². The summed E-state index contributed by atoms with van der Waals surface area (Å²) in [4.78, 5) is 8.63. The van der Waals surface area contributed by atoms with Crippen molar-refractivity contribution in [1.82, 2.24) is 9.47 Å². The number of anilines is 4. The second-order valence-corrected chi connectivity index (χ2v) is 14.3. The second-order valence-electron chi connectivity index (χ2n) is 14.3. The van der Waals surface area contributed by atoms with Crippen LogP contribution in [-0.4, -0.2) is 23.6 Å². The average Bonchev–Trinajstić information content (AvgIpc) is 3.77. The summed E-state index contributed by atoms with van der Waals surface area (Å²) in [5, 5.41) is 2.57. The Bertz CT molecular complexity index is 2280. The molecular formula is C42H37N5Pt. The van der Waals surface area contributed by atoms with Crippen molar-refractivity contribution in [1.29, 1.82) is 0 Å². The molecule has 0 saturated heterocycles. The van der Waals surface area contributed by atoms with Crippen LogP contribution in [-0.2, 0) is 31.9 Å². The van der Waals surface area contributed by atoms with Gasteiger partial charge in [0.2, 0.25) is 0 Å². The molecule has 9 rings (SSSR count). The molecule has 6 aromatic rings. The Hall–Kier alpha value is -4.47. The Morgan fingerprint density at radius 1 is 0.708 bits per heavy atom. The van der Waals surface area contributed by atoms with E-state index in [1.807, 2.05) is 0 Å². The minimum absolute atomic E-state index is 0. The van der Waals surface area contributed by atoms with E-state index in [1.54, 1.807) is 0 Å². The van der Waals surface area contributed by atoms with Gasteiger partial charge in [0.1, 0.15) is 0 Å². The standard InChI is InChI=1S/C42H37N5.Pt/c1-41(2,3)28-17-19-36-33(24-28)32-13-10-14-34-40(32)47(36)37-20-18-30(45-22-21-43(5)26-45)25-35(37)42(34,4)29-11-9-12-31(23-29)46-27-44(6)38-15-7-8-16-39(38)46;/h7-22,24,26-27H,1-6H3;/q-4;+4. The van der Waals surface area contributed by atoms with Gasteiger partial charge in [-0.05, 0) is 67.3 Å². The molecule has 0 spiro atoms. The molecule has 0 aliphatic carbocycles. The topological polar surface area (TPSA) is 17.9 Å². The van der Waals surface area contributed by atoms with Gasteiger partial charge in [-0.25, -0.2) is 0 Å². The van der Waals surface area contributed by atoms with Crippen molar-refractivity contribution in [3.8, 4) is 5.69 Å². The maximum absolute atomic E-state index is 3.95. The summed E-state index contributed by atoms with van der Waals surface area (Å²) >= 11 is 0. The van der Waals surface area contributed by atoms with Crippen LogP contribution in [0.4, 0.5) is 22.7 Å². The Labute approximate surface area is 297 Å². The molecule has 240 valence electrons. The van der Waals surface area contributed by atoms with Gasteiger partial charge < -0.3 is 24.2 Å². The third-order valence-corrected chi connectivity index (χ3v) is 10.3. The van der Waals surface area contributed by atoms with Crippen molar-refractivity contribution in [2.24, 2.45) is 0 Å². The van der Waals surface area contributed by atoms with E-state index < -0.39 is 5.41 Å². The van der Waals surface area contributed by atoms with Gasteiger partial charge in [-0.3, -0.25) is 0 Å². The molecule has 1 unspecified atom stereocenters. The van der Waals surface area contributed by atoms with Crippen LogP contribution < -0.4 is 14.7 Å². The molecule has 0 bridgehead atoms. The molecule has 3 aliphatic heterocycles. The second kappa shape index (κ2) is 10.8. The molecule has 3 aliphatic rings. The van der Waals surface area contributed by atoms with E-state index in [-0.39, 0.29) is 26.5 Å². The number of para-hydroxylation sites is 3. The monoisotopic (exact) mass is 806 g/mol. The van der Waals surface area contributed by atoms with Gasteiger partial charge in [0.25, 0.3) is 0 Å². The maximum Gasteiger partial charge on any atom is 4.00 e. The van der Waals surface area contributed by atoms with Crippen molar-refractivity contribution >= 4 is 44.6 Å². The maximum atomic E-state index is 3.95. The molecule has 5 nitrogen and oxygen atoms in total. The Morgan fingerprint density at radius 2 is 1.50 bits per heavy atom. The smallest absolute Gasteiger partial charge is 0.510 e. The molecule has 1 atom stereocenters. The number of hydrogen-bond acceptors (Lipinski definition) is 4. The number of rotatable bonds is 3. The Balaban J connectivity index is 0.00000336. The van der Waals surface area contributed by atoms with Crippen molar-refractivity contribution in [3.63, 3.8) is 0 Å². The van der Waals surface area contributed by atoms with Crippen molar-refractivity contribution in [3.05, 3.63) is 151 Å². The van der Waals surface area contributed by atoms with E-state index in [0.717, 1.165) is 33.9 Å². The van der Waals surface area contributed by atoms with E-state index in [0.29, 0.717) is 0 Å². The summed E-state index contributed by atoms with van der Waals surface area (Å²) in [6.45, 7) is 13.5. The average molecular weight is 807 g/mol. The van der Waals surface area contributed by atoms with Crippen LogP contribution >= 0.6 is 0 Å². The SMILES string of the molecule is CN1C=CN(c2[c-]c3c(cc2)-n2c4ccc(C(C)(C)C)cc4c4cccc(c42)C3(C)c2[c-]c(N3[CH-]N(C)c4ccccc43)ccc2)[CH-]1.[Pt+4]. The van der Waals surface area contributed by atoms with Crippen LogP contribution in [0.1, 0.15) is 49.9 Å². The first-order valence-electron chi connectivity index (χ1n) is 16.3. The van der Waals surface area contributed by atoms with E-state index >= 15 is 0 Å². The molecule has 6 heteroatoms. The number of nitrogens with zero attached hydrogens (tertiary/aromatic N) is 5. The first-order valence-corrected chi connectivity index (χ1v) is 16.3. The van der Waals surface area contributed by atoms with Crippen molar-refractivity contribution in [2.45, 2.75) is 38.5 Å². The normalized spacial score (nSPS) is 18.1. The van der Waals surface area contributed by atoms with E-state index in [9.17, 15) is 0 Å². The molecule has 0 saturated carbocycles. The van der Waals surface area contributed by atoms with Crippen molar-refractivity contribution < 1.29 is 21.1 Å². The van der Waals surface area contributed by atoms with E-state index in [2.05, 4.69) is 195 Å². The third-order valence-electron chi connectivity index (χ3n) is 10.3. The van der Waals surface area contributed by atoms with Crippen LogP contribution in [0.2, 0.25) is 0 Å². The van der Waals surface area contributed by atoms with Gasteiger partial charge in [-0.2, -0.15) is 43.7 Å². The van der Waals surface area contributed by atoms with E-state index in [4.69, 9.17) is 0 Å². The number of aromatic nitrogens is 1. The molecular weight excluding hydrogens is 770 g/mol. The molecule has 4 heterocycles. The van der Waals surface area contributed by atoms with E-state index in [1.165, 1.54) is 38.6 Å². The fraction of sp³-hybridized carbons (Fsp3) is 0.190. The van der Waals surface area contributed by atoms with Gasteiger partial charge in [0.05, 0.1) is 0 Å². The fourth-order valence-corrected chi connectivity index (χ4v) is 7.73. The molecule has 5 aromatic carbocycles. The Kier molecular flexibility index (Phi) is 6.92. The summed E-state index contributed by atoms with van der Waals surface area (Å²) in [6, 6.07) is 41.3. The minimum Gasteiger partial charge on any atom is -0.510 e. The predicted molar refractivity (Wildman–Crippen MR) is 194 cm³/mol. The minimum atomic E-state index is -0.529. The molecule has 48 heavy (non-hydrogen) atoms. The quantitative estimate of drug-likeness (QED) is 0.166. The summed E-state index contributed by atoms with van der Waals surface area (Å²) in [6.07, 6.45) is 4.16. The summed E-state index contributed by atoms with van der Waals surface area (Å²) in [5.74, 6) is 0. The molecule has 0 radical (unpaired) electrons. The largest absolute Gasteiger partial charge is 4.00 e. The van der Waals surface area contributed by atoms with Crippen LogP contribution in [0.15, 0.2) is 103 Å². The third kappa shape index (κ3) is 4.33. The summed E-state index contributed by atoms with van der Waals surface area (Å²) in [5.41, 5.74) is 12.4. The zero-order valence-corrected chi connectivity index (χ0v) is 30.3. The Morgan fingerprint density at radius 3 is 2.27 bits per heavy atom. The zero-order valence-electron chi connectivity index (χ0n) is 28.0. The number of benzene rings is 5.